The summed E-state index contributed by atoms with van der Waals surface area (Å²) in [5.74, 6) is 0.585. The fourth-order valence-corrected chi connectivity index (χ4v) is 1.64. The lowest BCUT2D eigenvalue weighted by Gasteiger charge is -2.05. The highest BCUT2D eigenvalue weighted by molar-refractivity contribution is 5.15. The van der Waals surface area contributed by atoms with Crippen LogP contribution in [-0.2, 0) is 22.7 Å². The molecule has 2 aromatic carbocycles. The number of hydrogen-bond donors (Lipinski definition) is 0. The predicted octanol–water partition coefficient (Wildman–Crippen LogP) is 4.45. The summed E-state index contributed by atoms with van der Waals surface area (Å²) in [6.07, 6.45) is 3.34. The first-order valence-electron chi connectivity index (χ1n) is 6.52. The van der Waals surface area contributed by atoms with E-state index in [1.807, 2.05) is 60.7 Å². The second-order valence-corrected chi connectivity index (χ2v) is 4.34. The minimum absolute atomic E-state index is 0.517. The van der Waals surface area contributed by atoms with Crippen molar-refractivity contribution < 1.29 is 9.47 Å². The Morgan fingerprint density at radius 1 is 0.850 bits per heavy atom. The molecular weight excluding hydrogens is 248 g/mol. The molecule has 2 nitrogen and oxygen atoms in total. The molecular formula is C18H18O2. The van der Waals surface area contributed by atoms with E-state index >= 15 is 0 Å². The van der Waals surface area contributed by atoms with Crippen molar-refractivity contribution >= 4 is 0 Å². The van der Waals surface area contributed by atoms with Gasteiger partial charge in [0.15, 0.2) is 0 Å². The monoisotopic (exact) mass is 266 g/mol. The summed E-state index contributed by atoms with van der Waals surface area (Å²) in [7, 11) is 0. The molecule has 0 atom stereocenters. The summed E-state index contributed by atoms with van der Waals surface area (Å²) in [6.45, 7) is 4.89. The number of ether oxygens (including phenoxy) is 2. The Labute approximate surface area is 120 Å². The lowest BCUT2D eigenvalue weighted by Crippen LogP contribution is -1.91. The summed E-state index contributed by atoms with van der Waals surface area (Å²) >= 11 is 0. The van der Waals surface area contributed by atoms with Crippen LogP contribution >= 0.6 is 0 Å². The zero-order chi connectivity index (χ0) is 14.0. The summed E-state index contributed by atoms with van der Waals surface area (Å²) in [5, 5.41) is 0. The maximum Gasteiger partial charge on any atom is 0.115 e. The maximum atomic E-state index is 5.52. The minimum Gasteiger partial charge on any atom is -0.496 e. The van der Waals surface area contributed by atoms with Gasteiger partial charge in [-0.05, 0) is 11.1 Å². The smallest absolute Gasteiger partial charge is 0.115 e. The van der Waals surface area contributed by atoms with Gasteiger partial charge in [-0.2, -0.15) is 0 Å². The molecule has 0 heterocycles. The van der Waals surface area contributed by atoms with Gasteiger partial charge in [-0.15, -0.1) is 0 Å². The molecule has 2 heteroatoms. The standard InChI is InChI=1S/C18H18O2/c1-16(20-15-18-10-6-3-7-11-18)12-13-19-14-17-8-4-2-5-9-17/h2-13H,1,14-15H2. The van der Waals surface area contributed by atoms with Gasteiger partial charge in [0, 0.05) is 6.08 Å². The first-order chi connectivity index (χ1) is 9.84. The Bertz CT molecular complexity index is 544. The number of hydrogen-bond acceptors (Lipinski definition) is 2. The van der Waals surface area contributed by atoms with Crippen molar-refractivity contribution in [1.29, 1.82) is 0 Å². The Morgan fingerprint density at radius 3 is 2.00 bits per heavy atom. The predicted molar refractivity (Wildman–Crippen MR) is 80.7 cm³/mol. The lowest BCUT2D eigenvalue weighted by molar-refractivity contribution is 0.204. The third kappa shape index (κ3) is 5.02. The molecule has 0 bridgehead atoms. The van der Waals surface area contributed by atoms with E-state index in [0.29, 0.717) is 19.0 Å². The van der Waals surface area contributed by atoms with Gasteiger partial charge in [-0.3, -0.25) is 0 Å². The van der Waals surface area contributed by atoms with Gasteiger partial charge in [-0.25, -0.2) is 0 Å². The summed E-state index contributed by atoms with van der Waals surface area (Å²) in [6, 6.07) is 20.0. The highest BCUT2D eigenvalue weighted by Crippen LogP contribution is 2.06. The van der Waals surface area contributed by atoms with Crippen LogP contribution in [0.3, 0.4) is 0 Å². The van der Waals surface area contributed by atoms with Crippen LogP contribution in [-0.4, -0.2) is 0 Å². The molecule has 2 aromatic rings. The molecule has 0 aliphatic heterocycles. The maximum absolute atomic E-state index is 5.52. The SMILES string of the molecule is C=C(C=COCc1ccccc1)OCc1ccccc1. The van der Waals surface area contributed by atoms with Crippen molar-refractivity contribution in [3.63, 3.8) is 0 Å². The van der Waals surface area contributed by atoms with Crippen LogP contribution in [0.4, 0.5) is 0 Å². The molecule has 0 aliphatic rings. The topological polar surface area (TPSA) is 18.5 Å². The van der Waals surface area contributed by atoms with E-state index in [1.165, 1.54) is 0 Å². The molecule has 102 valence electrons. The zero-order valence-corrected chi connectivity index (χ0v) is 11.4. The van der Waals surface area contributed by atoms with Gasteiger partial charge in [0.1, 0.15) is 19.0 Å². The molecule has 0 N–H and O–H groups in total. The largest absolute Gasteiger partial charge is 0.496 e. The Balaban J connectivity index is 1.68. The third-order valence-corrected chi connectivity index (χ3v) is 2.71. The molecule has 2 rings (SSSR count). The van der Waals surface area contributed by atoms with Crippen molar-refractivity contribution in [3.8, 4) is 0 Å². The van der Waals surface area contributed by atoms with E-state index in [4.69, 9.17) is 9.47 Å². The second kappa shape index (κ2) is 7.85. The van der Waals surface area contributed by atoms with Gasteiger partial charge in [0.05, 0.1) is 6.26 Å². The van der Waals surface area contributed by atoms with E-state index in [9.17, 15) is 0 Å². The van der Waals surface area contributed by atoms with Gasteiger partial charge in [-0.1, -0.05) is 67.2 Å². The molecule has 0 fully saturated rings. The van der Waals surface area contributed by atoms with Gasteiger partial charge in [0.2, 0.25) is 0 Å². The molecule has 0 spiro atoms. The molecule has 0 radical (unpaired) electrons. The fourth-order valence-electron chi connectivity index (χ4n) is 1.64. The van der Waals surface area contributed by atoms with Crippen LogP contribution in [0.5, 0.6) is 0 Å². The van der Waals surface area contributed by atoms with Gasteiger partial charge in [0.25, 0.3) is 0 Å². The normalized spacial score (nSPS) is 10.4. The molecule has 0 unspecified atom stereocenters. The molecule has 0 aliphatic carbocycles. The van der Waals surface area contributed by atoms with Crippen molar-refractivity contribution in [1.82, 2.24) is 0 Å². The molecule has 0 saturated heterocycles. The molecule has 0 aromatic heterocycles. The fraction of sp³-hybridized carbons (Fsp3) is 0.111. The quantitative estimate of drug-likeness (QED) is 0.544. The Hall–Kier alpha value is -2.48. The van der Waals surface area contributed by atoms with Gasteiger partial charge < -0.3 is 9.47 Å². The lowest BCUT2D eigenvalue weighted by atomic mass is 10.2. The van der Waals surface area contributed by atoms with Crippen molar-refractivity contribution in [2.24, 2.45) is 0 Å². The van der Waals surface area contributed by atoms with Crippen molar-refractivity contribution in [3.05, 3.63) is 96.5 Å². The average molecular weight is 266 g/mol. The molecule has 0 saturated carbocycles. The van der Waals surface area contributed by atoms with Crippen LogP contribution in [0.15, 0.2) is 85.3 Å². The highest BCUT2D eigenvalue weighted by atomic mass is 16.5. The summed E-state index contributed by atoms with van der Waals surface area (Å²) in [4.78, 5) is 0. The van der Waals surface area contributed by atoms with E-state index in [-0.39, 0.29) is 0 Å². The highest BCUT2D eigenvalue weighted by Gasteiger charge is 1.93. The van der Waals surface area contributed by atoms with Crippen LogP contribution < -0.4 is 0 Å². The van der Waals surface area contributed by atoms with E-state index in [2.05, 4.69) is 6.58 Å². The Kier molecular flexibility index (Phi) is 5.47. The molecule has 20 heavy (non-hydrogen) atoms. The number of benzene rings is 2. The first-order valence-corrected chi connectivity index (χ1v) is 6.52. The van der Waals surface area contributed by atoms with E-state index < -0.39 is 0 Å². The van der Waals surface area contributed by atoms with Crippen molar-refractivity contribution in [2.45, 2.75) is 13.2 Å². The van der Waals surface area contributed by atoms with Crippen LogP contribution in [0.2, 0.25) is 0 Å². The van der Waals surface area contributed by atoms with Crippen LogP contribution in [0.25, 0.3) is 0 Å². The zero-order valence-electron chi connectivity index (χ0n) is 11.4. The van der Waals surface area contributed by atoms with Crippen LogP contribution in [0, 0.1) is 0 Å². The first kappa shape index (κ1) is 13.9. The van der Waals surface area contributed by atoms with Gasteiger partial charge >= 0.3 is 0 Å². The Morgan fingerprint density at radius 2 is 1.40 bits per heavy atom. The average Bonchev–Trinajstić information content (AvgIpc) is 2.52. The third-order valence-electron chi connectivity index (χ3n) is 2.71. The van der Waals surface area contributed by atoms with Crippen LogP contribution in [0.1, 0.15) is 11.1 Å². The van der Waals surface area contributed by atoms with E-state index in [1.54, 1.807) is 12.3 Å². The number of allylic oxidation sites excluding steroid dienone is 1. The minimum atomic E-state index is 0.517. The van der Waals surface area contributed by atoms with Crippen molar-refractivity contribution in [2.75, 3.05) is 0 Å². The number of rotatable bonds is 7. The summed E-state index contributed by atoms with van der Waals surface area (Å²) < 4.78 is 10.9. The molecule has 0 amide bonds. The van der Waals surface area contributed by atoms with E-state index in [0.717, 1.165) is 11.1 Å². The second-order valence-electron chi connectivity index (χ2n) is 4.34. The summed E-state index contributed by atoms with van der Waals surface area (Å²) in [5.41, 5.74) is 2.25.